The van der Waals surface area contributed by atoms with Crippen molar-refractivity contribution in [1.82, 2.24) is 4.98 Å². The Morgan fingerprint density at radius 2 is 1.95 bits per heavy atom. The van der Waals surface area contributed by atoms with Crippen molar-refractivity contribution in [3.05, 3.63) is 66.4 Å². The zero-order chi connectivity index (χ0) is 14.8. The van der Waals surface area contributed by atoms with Gasteiger partial charge < -0.3 is 0 Å². The first-order valence-corrected chi connectivity index (χ1v) is 6.18. The van der Waals surface area contributed by atoms with Crippen LogP contribution in [0.3, 0.4) is 0 Å². The Balaban J connectivity index is 2.63. The molecule has 0 aliphatic heterocycles. The van der Waals surface area contributed by atoms with Gasteiger partial charge in [0, 0.05) is 11.8 Å². The molecule has 0 aliphatic rings. The second-order valence-corrected chi connectivity index (χ2v) is 4.54. The van der Waals surface area contributed by atoms with E-state index >= 15 is 0 Å². The molecule has 1 nitrogen and oxygen atoms in total. The van der Waals surface area contributed by atoms with Crippen LogP contribution >= 0.6 is 0 Å². The Labute approximate surface area is 115 Å². The summed E-state index contributed by atoms with van der Waals surface area (Å²) in [5.41, 5.74) is 1.14. The molecule has 104 valence electrons. The Hall–Kier alpha value is -2.10. The van der Waals surface area contributed by atoms with Crippen molar-refractivity contribution in [2.45, 2.75) is 19.0 Å². The molecule has 0 aliphatic carbocycles. The lowest BCUT2D eigenvalue weighted by atomic mass is 9.92. The van der Waals surface area contributed by atoms with Crippen LogP contribution in [0, 0.1) is 0 Å². The van der Waals surface area contributed by atoms with E-state index in [0.29, 0.717) is 11.3 Å². The zero-order valence-corrected chi connectivity index (χ0v) is 11.0. The van der Waals surface area contributed by atoms with Crippen LogP contribution in [0.2, 0.25) is 0 Å². The summed E-state index contributed by atoms with van der Waals surface area (Å²) in [6, 6.07) is 8.94. The van der Waals surface area contributed by atoms with Gasteiger partial charge in [0.25, 0.3) is 0 Å². The van der Waals surface area contributed by atoms with Crippen molar-refractivity contribution in [3.8, 4) is 11.3 Å². The largest absolute Gasteiger partial charge is 0.416 e. The van der Waals surface area contributed by atoms with Gasteiger partial charge in [-0.25, -0.2) is 0 Å². The fourth-order valence-electron chi connectivity index (χ4n) is 2.00. The molecule has 1 unspecified atom stereocenters. The number of rotatable bonds is 3. The Morgan fingerprint density at radius 3 is 2.50 bits per heavy atom. The van der Waals surface area contributed by atoms with Crippen LogP contribution in [0.4, 0.5) is 13.2 Å². The second kappa shape index (κ2) is 5.49. The van der Waals surface area contributed by atoms with Gasteiger partial charge in [-0.3, -0.25) is 4.98 Å². The molecule has 0 amide bonds. The first-order valence-electron chi connectivity index (χ1n) is 6.18. The SMILES string of the molecule is C=CC(C)c1ccc(C(F)(F)F)cc1-c1ccccn1. The van der Waals surface area contributed by atoms with E-state index in [9.17, 15) is 13.2 Å². The second-order valence-electron chi connectivity index (χ2n) is 4.54. The van der Waals surface area contributed by atoms with E-state index in [1.165, 1.54) is 6.07 Å². The quantitative estimate of drug-likeness (QED) is 0.715. The van der Waals surface area contributed by atoms with Crippen LogP contribution in [0.5, 0.6) is 0 Å². The summed E-state index contributed by atoms with van der Waals surface area (Å²) in [5.74, 6) is -0.0470. The lowest BCUT2D eigenvalue weighted by molar-refractivity contribution is -0.137. The molecular formula is C16H14F3N. The van der Waals surface area contributed by atoms with E-state index in [0.717, 1.165) is 17.7 Å². The third kappa shape index (κ3) is 2.90. The van der Waals surface area contributed by atoms with E-state index in [1.54, 1.807) is 30.5 Å². The van der Waals surface area contributed by atoms with Gasteiger partial charge in [0.15, 0.2) is 0 Å². The van der Waals surface area contributed by atoms with Crippen molar-refractivity contribution in [3.63, 3.8) is 0 Å². The minimum absolute atomic E-state index is 0.0470. The van der Waals surface area contributed by atoms with Gasteiger partial charge in [0.2, 0.25) is 0 Å². The highest BCUT2D eigenvalue weighted by Crippen LogP contribution is 2.36. The molecule has 0 radical (unpaired) electrons. The van der Waals surface area contributed by atoms with E-state index in [-0.39, 0.29) is 5.92 Å². The molecule has 1 atom stereocenters. The zero-order valence-electron chi connectivity index (χ0n) is 11.0. The molecule has 0 saturated carbocycles. The molecule has 2 aromatic rings. The van der Waals surface area contributed by atoms with Crippen molar-refractivity contribution in [2.24, 2.45) is 0 Å². The molecule has 0 spiro atoms. The molecule has 1 aromatic heterocycles. The van der Waals surface area contributed by atoms with Gasteiger partial charge >= 0.3 is 6.18 Å². The van der Waals surface area contributed by atoms with Crippen LogP contribution in [0.25, 0.3) is 11.3 Å². The highest BCUT2D eigenvalue weighted by atomic mass is 19.4. The van der Waals surface area contributed by atoms with Crippen LogP contribution in [0.15, 0.2) is 55.3 Å². The molecule has 0 N–H and O–H groups in total. The average molecular weight is 277 g/mol. The fraction of sp³-hybridized carbons (Fsp3) is 0.188. The summed E-state index contributed by atoms with van der Waals surface area (Å²) >= 11 is 0. The molecule has 1 heterocycles. The van der Waals surface area contributed by atoms with Crippen LogP contribution in [-0.4, -0.2) is 4.98 Å². The number of pyridine rings is 1. The smallest absolute Gasteiger partial charge is 0.256 e. The Morgan fingerprint density at radius 1 is 1.20 bits per heavy atom. The van der Waals surface area contributed by atoms with E-state index < -0.39 is 11.7 Å². The summed E-state index contributed by atoms with van der Waals surface area (Å²) in [4.78, 5) is 4.15. The monoisotopic (exact) mass is 277 g/mol. The van der Waals surface area contributed by atoms with Gasteiger partial charge in [-0.2, -0.15) is 13.2 Å². The lowest BCUT2D eigenvalue weighted by Gasteiger charge is -2.16. The van der Waals surface area contributed by atoms with Crippen molar-refractivity contribution in [1.29, 1.82) is 0 Å². The molecule has 4 heteroatoms. The first kappa shape index (κ1) is 14.3. The molecule has 2 rings (SSSR count). The van der Waals surface area contributed by atoms with E-state index in [4.69, 9.17) is 0 Å². The molecule has 0 fully saturated rings. The van der Waals surface area contributed by atoms with E-state index in [1.807, 2.05) is 6.92 Å². The number of nitrogens with zero attached hydrogens (tertiary/aromatic N) is 1. The summed E-state index contributed by atoms with van der Waals surface area (Å²) in [5, 5.41) is 0. The van der Waals surface area contributed by atoms with Crippen molar-refractivity contribution < 1.29 is 13.2 Å². The maximum absolute atomic E-state index is 12.9. The fourth-order valence-corrected chi connectivity index (χ4v) is 2.00. The van der Waals surface area contributed by atoms with E-state index in [2.05, 4.69) is 11.6 Å². The normalized spacial score (nSPS) is 13.0. The average Bonchev–Trinajstić information content (AvgIpc) is 2.46. The Bertz CT molecular complexity index is 603. The number of allylic oxidation sites excluding steroid dienone is 1. The number of hydrogen-bond donors (Lipinski definition) is 0. The number of alkyl halides is 3. The van der Waals surface area contributed by atoms with Gasteiger partial charge in [0.05, 0.1) is 11.3 Å². The predicted molar refractivity (Wildman–Crippen MR) is 73.3 cm³/mol. The highest BCUT2D eigenvalue weighted by molar-refractivity contribution is 5.66. The van der Waals surface area contributed by atoms with Crippen LogP contribution in [0.1, 0.15) is 24.0 Å². The molecule has 0 bridgehead atoms. The standard InChI is InChI=1S/C16H14F3N/c1-3-11(2)13-8-7-12(16(17,18)19)10-14(13)15-6-4-5-9-20-15/h3-11H,1H2,2H3. The minimum atomic E-state index is -4.36. The summed E-state index contributed by atoms with van der Waals surface area (Å²) in [7, 11) is 0. The van der Waals surface area contributed by atoms with Gasteiger partial charge in [-0.05, 0) is 35.7 Å². The third-order valence-electron chi connectivity index (χ3n) is 3.17. The number of halogens is 3. The van der Waals surface area contributed by atoms with Crippen LogP contribution < -0.4 is 0 Å². The van der Waals surface area contributed by atoms with Gasteiger partial charge in [-0.1, -0.05) is 25.1 Å². The first-order chi connectivity index (χ1) is 9.43. The van der Waals surface area contributed by atoms with Gasteiger partial charge in [0.1, 0.15) is 0 Å². The van der Waals surface area contributed by atoms with Crippen LogP contribution in [-0.2, 0) is 6.18 Å². The maximum Gasteiger partial charge on any atom is 0.416 e. The maximum atomic E-state index is 12.9. The van der Waals surface area contributed by atoms with Crippen molar-refractivity contribution in [2.75, 3.05) is 0 Å². The number of aromatic nitrogens is 1. The van der Waals surface area contributed by atoms with Gasteiger partial charge in [-0.15, -0.1) is 6.58 Å². The molecule has 20 heavy (non-hydrogen) atoms. The predicted octanol–water partition coefficient (Wildman–Crippen LogP) is 5.06. The molecular weight excluding hydrogens is 263 g/mol. The number of hydrogen-bond acceptors (Lipinski definition) is 1. The third-order valence-corrected chi connectivity index (χ3v) is 3.17. The molecule has 1 aromatic carbocycles. The number of benzene rings is 1. The summed E-state index contributed by atoms with van der Waals surface area (Å²) < 4.78 is 38.6. The lowest BCUT2D eigenvalue weighted by Crippen LogP contribution is -2.06. The summed E-state index contributed by atoms with van der Waals surface area (Å²) in [6.07, 6.45) is -1.09. The topological polar surface area (TPSA) is 12.9 Å². The summed E-state index contributed by atoms with van der Waals surface area (Å²) in [6.45, 7) is 5.59. The Kier molecular flexibility index (Phi) is 3.93. The highest BCUT2D eigenvalue weighted by Gasteiger charge is 2.31. The molecule has 0 saturated heterocycles. The van der Waals surface area contributed by atoms with Crippen molar-refractivity contribution >= 4 is 0 Å². The minimum Gasteiger partial charge on any atom is -0.256 e.